The number of nitrogens with zero attached hydrogens (tertiary/aromatic N) is 1. The molecule has 0 fully saturated rings. The minimum atomic E-state index is -0.210. The Hall–Kier alpha value is -1.88. The van der Waals surface area contributed by atoms with Crippen molar-refractivity contribution in [3.05, 3.63) is 68.2 Å². The van der Waals surface area contributed by atoms with Gasteiger partial charge in [0.15, 0.2) is 5.78 Å². The molecular formula is C23H28Cl2N2O2. The van der Waals surface area contributed by atoms with Gasteiger partial charge in [-0.1, -0.05) is 30.1 Å². The van der Waals surface area contributed by atoms with Gasteiger partial charge in [0.25, 0.3) is 5.91 Å². The Kier molecular flexibility index (Phi) is 8.26. The Morgan fingerprint density at radius 3 is 2.00 bits per heavy atom. The van der Waals surface area contributed by atoms with Crippen molar-refractivity contribution in [2.45, 2.75) is 39.7 Å². The molecule has 0 aliphatic rings. The van der Waals surface area contributed by atoms with E-state index in [0.717, 1.165) is 23.1 Å². The molecular weight excluding hydrogens is 407 g/mol. The van der Waals surface area contributed by atoms with Crippen molar-refractivity contribution in [2.24, 2.45) is 0 Å². The molecule has 0 aromatic heterocycles. The minimum absolute atomic E-state index is 0.0960. The van der Waals surface area contributed by atoms with Crippen molar-refractivity contribution in [3.8, 4) is 0 Å². The van der Waals surface area contributed by atoms with Crippen LogP contribution < -0.4 is 5.32 Å². The van der Waals surface area contributed by atoms with Gasteiger partial charge >= 0.3 is 0 Å². The van der Waals surface area contributed by atoms with Crippen LogP contribution >= 0.6 is 23.2 Å². The second-order valence-electron chi connectivity index (χ2n) is 7.56. The first-order valence-electron chi connectivity index (χ1n) is 9.66. The lowest BCUT2D eigenvalue weighted by Gasteiger charge is -2.26. The fourth-order valence-corrected chi connectivity index (χ4v) is 3.88. The molecule has 6 heteroatoms. The Labute approximate surface area is 183 Å². The summed E-state index contributed by atoms with van der Waals surface area (Å²) in [5.41, 5.74) is 4.60. The Morgan fingerprint density at radius 2 is 1.52 bits per heavy atom. The third-order valence-electron chi connectivity index (χ3n) is 5.13. The molecule has 2 aromatic rings. The molecule has 2 aromatic carbocycles. The zero-order chi connectivity index (χ0) is 21.7. The number of aryl methyl sites for hydroxylation is 2. The number of halogens is 2. The summed E-state index contributed by atoms with van der Waals surface area (Å²) in [5, 5.41) is 3.84. The molecule has 0 heterocycles. The van der Waals surface area contributed by atoms with Gasteiger partial charge < -0.3 is 10.2 Å². The molecule has 1 atom stereocenters. The molecule has 1 amide bonds. The van der Waals surface area contributed by atoms with Crippen molar-refractivity contribution in [1.29, 1.82) is 0 Å². The van der Waals surface area contributed by atoms with Crippen LogP contribution in [0.2, 0.25) is 10.0 Å². The number of carbonyl (C=O) groups is 2. The molecule has 4 nitrogen and oxygen atoms in total. The Bertz CT molecular complexity index is 866. The lowest BCUT2D eigenvalue weighted by molar-refractivity contribution is 0.0940. The third-order valence-corrected chi connectivity index (χ3v) is 5.57. The maximum absolute atomic E-state index is 12.5. The molecule has 0 aliphatic carbocycles. The van der Waals surface area contributed by atoms with Crippen LogP contribution in [0.4, 0.5) is 0 Å². The van der Waals surface area contributed by atoms with Gasteiger partial charge in [0.2, 0.25) is 0 Å². The quantitative estimate of drug-likeness (QED) is 0.587. The van der Waals surface area contributed by atoms with Crippen LogP contribution in [0.25, 0.3) is 0 Å². The van der Waals surface area contributed by atoms with E-state index in [2.05, 4.69) is 10.2 Å². The number of hydrogen-bond acceptors (Lipinski definition) is 3. The van der Waals surface area contributed by atoms with E-state index in [0.29, 0.717) is 28.6 Å². The number of ketones is 1. The highest BCUT2D eigenvalue weighted by molar-refractivity contribution is 6.35. The fourth-order valence-electron chi connectivity index (χ4n) is 3.35. The first-order valence-corrected chi connectivity index (χ1v) is 10.4. The van der Waals surface area contributed by atoms with Crippen molar-refractivity contribution in [2.75, 3.05) is 20.6 Å². The summed E-state index contributed by atoms with van der Waals surface area (Å²) in [6, 6.07) is 8.83. The molecule has 0 unspecified atom stereocenters. The fraction of sp³-hybridized carbons (Fsp3) is 0.391. The van der Waals surface area contributed by atoms with Gasteiger partial charge in [-0.15, -0.1) is 0 Å². The Morgan fingerprint density at radius 1 is 0.966 bits per heavy atom. The van der Waals surface area contributed by atoms with Crippen LogP contribution in [0.3, 0.4) is 0 Å². The number of benzene rings is 2. The molecule has 156 valence electrons. The van der Waals surface area contributed by atoms with Crippen molar-refractivity contribution >= 4 is 34.9 Å². The average Bonchev–Trinajstić information content (AvgIpc) is 2.64. The molecule has 0 spiro atoms. The van der Waals surface area contributed by atoms with Crippen LogP contribution in [0.5, 0.6) is 0 Å². The van der Waals surface area contributed by atoms with Gasteiger partial charge in [-0.25, -0.2) is 0 Å². The number of carbonyl (C=O) groups excluding carboxylic acids is 2. The summed E-state index contributed by atoms with van der Waals surface area (Å²) in [6.45, 7) is 6.42. The Balaban J connectivity index is 2.14. The molecule has 29 heavy (non-hydrogen) atoms. The van der Waals surface area contributed by atoms with Gasteiger partial charge in [0, 0.05) is 40.2 Å². The van der Waals surface area contributed by atoms with Gasteiger partial charge in [0.05, 0.1) is 0 Å². The van der Waals surface area contributed by atoms with E-state index in [-0.39, 0.29) is 17.7 Å². The smallest absolute Gasteiger partial charge is 0.251 e. The number of likely N-dealkylation sites (N-methyl/N-ethyl adjacent to an activating group) is 1. The second-order valence-corrected chi connectivity index (χ2v) is 8.43. The molecule has 1 N–H and O–H groups in total. The lowest BCUT2D eigenvalue weighted by atomic mass is 9.92. The minimum Gasteiger partial charge on any atom is -0.350 e. The van der Waals surface area contributed by atoms with E-state index in [4.69, 9.17) is 23.2 Å². The number of nitrogens with one attached hydrogen (secondary N) is 1. The standard InChI is InChI=1S/C23H28Cl2N2O2/c1-6-22(28)16-7-14(2)21(15(3)8-16)12-20(27(4)5)13-26-23(29)17-9-18(24)11-19(25)10-17/h7-11,20H,6,12-13H2,1-5H3,(H,26,29)/t20-/m0/s1. The topological polar surface area (TPSA) is 49.4 Å². The van der Waals surface area contributed by atoms with Gasteiger partial charge in [-0.2, -0.15) is 0 Å². The number of rotatable bonds is 8. The molecule has 0 bridgehead atoms. The number of amides is 1. The normalized spacial score (nSPS) is 12.1. The molecule has 0 saturated carbocycles. The molecule has 0 radical (unpaired) electrons. The molecule has 0 saturated heterocycles. The SMILES string of the molecule is CCC(=O)c1cc(C)c(C[C@@H](CNC(=O)c2cc(Cl)cc(Cl)c2)N(C)C)c(C)c1. The van der Waals surface area contributed by atoms with Crippen LogP contribution in [0.1, 0.15) is 50.8 Å². The summed E-state index contributed by atoms with van der Waals surface area (Å²) in [5.74, 6) is -0.0575. The van der Waals surface area contributed by atoms with E-state index in [1.54, 1.807) is 18.2 Å². The zero-order valence-electron chi connectivity index (χ0n) is 17.6. The van der Waals surface area contributed by atoms with Crippen LogP contribution in [-0.4, -0.2) is 43.3 Å². The average molecular weight is 435 g/mol. The maximum atomic E-state index is 12.5. The number of Topliss-reactive ketones (excluding diaryl/α,β-unsaturated/α-hetero) is 1. The van der Waals surface area contributed by atoms with Crippen LogP contribution in [0, 0.1) is 13.8 Å². The first kappa shape index (κ1) is 23.4. The largest absolute Gasteiger partial charge is 0.350 e. The van der Waals surface area contributed by atoms with Gasteiger partial charge in [-0.05, 0) is 81.4 Å². The van der Waals surface area contributed by atoms with Crippen LogP contribution in [-0.2, 0) is 6.42 Å². The van der Waals surface area contributed by atoms with Crippen molar-refractivity contribution in [3.63, 3.8) is 0 Å². The first-order chi connectivity index (χ1) is 13.6. The lowest BCUT2D eigenvalue weighted by Crippen LogP contribution is -2.41. The molecule has 0 aliphatic heterocycles. The predicted molar refractivity (Wildman–Crippen MR) is 121 cm³/mol. The van der Waals surface area contributed by atoms with Crippen molar-refractivity contribution in [1.82, 2.24) is 10.2 Å². The monoisotopic (exact) mass is 434 g/mol. The summed E-state index contributed by atoms with van der Waals surface area (Å²) in [7, 11) is 3.99. The summed E-state index contributed by atoms with van der Waals surface area (Å²) >= 11 is 12.0. The highest BCUT2D eigenvalue weighted by Crippen LogP contribution is 2.21. The van der Waals surface area contributed by atoms with Crippen molar-refractivity contribution < 1.29 is 9.59 Å². The van der Waals surface area contributed by atoms with Gasteiger partial charge in [-0.3, -0.25) is 9.59 Å². The van der Waals surface area contributed by atoms with E-state index in [9.17, 15) is 9.59 Å². The van der Waals surface area contributed by atoms with Gasteiger partial charge in [0.1, 0.15) is 0 Å². The zero-order valence-corrected chi connectivity index (χ0v) is 19.1. The third kappa shape index (κ3) is 6.30. The summed E-state index contributed by atoms with van der Waals surface area (Å²) in [4.78, 5) is 26.7. The molecule has 2 rings (SSSR count). The van der Waals surface area contributed by atoms with Crippen LogP contribution in [0.15, 0.2) is 30.3 Å². The summed E-state index contributed by atoms with van der Waals surface area (Å²) < 4.78 is 0. The van der Waals surface area contributed by atoms with E-state index >= 15 is 0 Å². The van der Waals surface area contributed by atoms with E-state index in [1.165, 1.54) is 5.56 Å². The highest BCUT2D eigenvalue weighted by Gasteiger charge is 2.18. The summed E-state index contributed by atoms with van der Waals surface area (Å²) in [6.07, 6.45) is 1.26. The highest BCUT2D eigenvalue weighted by atomic mass is 35.5. The second kappa shape index (κ2) is 10.2. The van der Waals surface area contributed by atoms with E-state index < -0.39 is 0 Å². The predicted octanol–water partition coefficient (Wildman–Crippen LogP) is 5.11. The number of hydrogen-bond donors (Lipinski definition) is 1. The maximum Gasteiger partial charge on any atom is 0.251 e. The van der Waals surface area contributed by atoms with E-state index in [1.807, 2.05) is 47.0 Å².